The molecule has 1 aromatic heterocycles. The second-order valence-electron chi connectivity index (χ2n) is 5.37. The second-order valence-corrected chi connectivity index (χ2v) is 5.37. The number of nitrogens with zero attached hydrogens (tertiary/aromatic N) is 2. The summed E-state index contributed by atoms with van der Waals surface area (Å²) in [6.07, 6.45) is 1.58. The van der Waals surface area contributed by atoms with E-state index in [9.17, 15) is 4.79 Å². The maximum atomic E-state index is 12.3. The quantitative estimate of drug-likeness (QED) is 0.753. The van der Waals surface area contributed by atoms with E-state index in [0.717, 1.165) is 5.69 Å². The van der Waals surface area contributed by atoms with Crippen LogP contribution in [0.2, 0.25) is 0 Å². The highest BCUT2D eigenvalue weighted by molar-refractivity contribution is 6.02. The molecule has 0 fully saturated rings. The van der Waals surface area contributed by atoms with Crippen molar-refractivity contribution < 1.29 is 4.79 Å². The largest absolute Gasteiger partial charge is 0.350 e. The van der Waals surface area contributed by atoms with Crippen molar-refractivity contribution in [2.24, 2.45) is 0 Å². The third-order valence-electron chi connectivity index (χ3n) is 3.62. The molecule has 2 aromatic carbocycles. The van der Waals surface area contributed by atoms with Crippen LogP contribution in [0.4, 0.5) is 11.6 Å². The summed E-state index contributed by atoms with van der Waals surface area (Å²) >= 11 is 0. The molecular weight excluding hydrogens is 300 g/mol. The third-order valence-corrected chi connectivity index (χ3v) is 3.62. The van der Waals surface area contributed by atoms with Crippen molar-refractivity contribution in [3.8, 4) is 0 Å². The molecule has 3 rings (SSSR count). The minimum Gasteiger partial charge on any atom is -0.350 e. The maximum absolute atomic E-state index is 12.3. The van der Waals surface area contributed by atoms with Gasteiger partial charge in [-0.1, -0.05) is 42.5 Å². The Hall–Kier alpha value is -3.21. The fraction of sp³-hybridized carbons (Fsp3) is 0.105. The fourth-order valence-electron chi connectivity index (χ4n) is 2.27. The molecule has 0 bridgehead atoms. The number of carbonyl (C=O) groups is 1. The highest BCUT2D eigenvalue weighted by Gasteiger charge is 2.09. The average Bonchev–Trinajstić information content (AvgIpc) is 2.62. The SMILES string of the molecule is Cc1ccccc1CNc1nccc(C(=O)Nc2ccccc2)n1. The monoisotopic (exact) mass is 318 g/mol. The van der Waals surface area contributed by atoms with Crippen molar-refractivity contribution in [3.63, 3.8) is 0 Å². The number of hydrogen-bond donors (Lipinski definition) is 2. The Morgan fingerprint density at radius 3 is 2.54 bits per heavy atom. The molecule has 0 unspecified atom stereocenters. The standard InChI is InChI=1S/C19H18N4O/c1-14-7-5-6-8-15(14)13-21-19-20-12-11-17(23-19)18(24)22-16-9-3-2-4-10-16/h2-12H,13H2,1H3,(H,22,24)(H,20,21,23). The Morgan fingerprint density at radius 2 is 1.75 bits per heavy atom. The number of aromatic nitrogens is 2. The van der Waals surface area contributed by atoms with Crippen molar-refractivity contribution in [3.05, 3.63) is 83.7 Å². The molecule has 0 saturated carbocycles. The van der Waals surface area contributed by atoms with Crippen molar-refractivity contribution in [2.45, 2.75) is 13.5 Å². The van der Waals surface area contributed by atoms with Crippen LogP contribution >= 0.6 is 0 Å². The van der Waals surface area contributed by atoms with Gasteiger partial charge in [-0.15, -0.1) is 0 Å². The van der Waals surface area contributed by atoms with Crippen LogP contribution in [0.15, 0.2) is 66.9 Å². The molecule has 1 heterocycles. The van der Waals surface area contributed by atoms with Gasteiger partial charge in [-0.3, -0.25) is 4.79 Å². The fourth-order valence-corrected chi connectivity index (χ4v) is 2.27. The van der Waals surface area contributed by atoms with Gasteiger partial charge in [-0.25, -0.2) is 9.97 Å². The summed E-state index contributed by atoms with van der Waals surface area (Å²) in [4.78, 5) is 20.7. The summed E-state index contributed by atoms with van der Waals surface area (Å²) in [5.74, 6) is 0.168. The Labute approximate surface area is 140 Å². The average molecular weight is 318 g/mol. The molecule has 24 heavy (non-hydrogen) atoms. The molecule has 5 heteroatoms. The van der Waals surface area contributed by atoms with Crippen LogP contribution in [-0.2, 0) is 6.54 Å². The second kappa shape index (κ2) is 7.37. The van der Waals surface area contributed by atoms with Crippen LogP contribution in [0, 0.1) is 6.92 Å². The van der Waals surface area contributed by atoms with Crippen LogP contribution in [0.3, 0.4) is 0 Å². The van der Waals surface area contributed by atoms with Crippen LogP contribution in [0.5, 0.6) is 0 Å². The van der Waals surface area contributed by atoms with E-state index in [-0.39, 0.29) is 5.91 Å². The predicted molar refractivity (Wildman–Crippen MR) is 94.9 cm³/mol. The normalized spacial score (nSPS) is 10.2. The lowest BCUT2D eigenvalue weighted by Crippen LogP contribution is -2.15. The van der Waals surface area contributed by atoms with Crippen molar-refractivity contribution in [2.75, 3.05) is 10.6 Å². The molecule has 0 aliphatic rings. The number of nitrogens with one attached hydrogen (secondary N) is 2. The zero-order valence-electron chi connectivity index (χ0n) is 13.4. The summed E-state index contributed by atoms with van der Waals surface area (Å²) in [5.41, 5.74) is 3.42. The number of benzene rings is 2. The Bertz CT molecular complexity index is 834. The van der Waals surface area contributed by atoms with Gasteiger partial charge in [0.15, 0.2) is 0 Å². The zero-order chi connectivity index (χ0) is 16.8. The van der Waals surface area contributed by atoms with E-state index in [1.165, 1.54) is 11.1 Å². The van der Waals surface area contributed by atoms with E-state index < -0.39 is 0 Å². The van der Waals surface area contributed by atoms with E-state index >= 15 is 0 Å². The summed E-state index contributed by atoms with van der Waals surface area (Å²) in [6.45, 7) is 2.66. The molecule has 5 nitrogen and oxygen atoms in total. The number of hydrogen-bond acceptors (Lipinski definition) is 4. The Kier molecular flexibility index (Phi) is 4.81. The summed E-state index contributed by atoms with van der Waals surface area (Å²) < 4.78 is 0. The number of rotatable bonds is 5. The smallest absolute Gasteiger partial charge is 0.274 e. The molecule has 3 aromatic rings. The van der Waals surface area contributed by atoms with E-state index in [1.807, 2.05) is 48.5 Å². The van der Waals surface area contributed by atoms with Crippen LogP contribution in [-0.4, -0.2) is 15.9 Å². The van der Waals surface area contributed by atoms with Crippen molar-refractivity contribution in [1.29, 1.82) is 0 Å². The number of aryl methyl sites for hydroxylation is 1. The van der Waals surface area contributed by atoms with Gasteiger partial charge in [0.05, 0.1) is 0 Å². The lowest BCUT2D eigenvalue weighted by atomic mass is 10.1. The molecule has 0 aliphatic carbocycles. The van der Waals surface area contributed by atoms with Crippen LogP contribution in [0.1, 0.15) is 21.6 Å². The lowest BCUT2D eigenvalue weighted by molar-refractivity contribution is 0.102. The van der Waals surface area contributed by atoms with E-state index in [2.05, 4.69) is 33.6 Å². The first-order valence-electron chi connectivity index (χ1n) is 7.70. The maximum Gasteiger partial charge on any atom is 0.274 e. The van der Waals surface area contributed by atoms with Gasteiger partial charge >= 0.3 is 0 Å². The number of para-hydroxylation sites is 1. The highest BCUT2D eigenvalue weighted by Crippen LogP contribution is 2.11. The lowest BCUT2D eigenvalue weighted by Gasteiger charge is -2.09. The van der Waals surface area contributed by atoms with Gasteiger partial charge in [0.2, 0.25) is 5.95 Å². The minimum atomic E-state index is -0.262. The van der Waals surface area contributed by atoms with E-state index in [0.29, 0.717) is 18.2 Å². The van der Waals surface area contributed by atoms with Gasteiger partial charge in [-0.05, 0) is 36.2 Å². The molecule has 1 amide bonds. The van der Waals surface area contributed by atoms with Crippen molar-refractivity contribution >= 4 is 17.5 Å². The summed E-state index contributed by atoms with van der Waals surface area (Å²) in [7, 11) is 0. The third kappa shape index (κ3) is 3.95. The first kappa shape index (κ1) is 15.7. The number of anilines is 2. The van der Waals surface area contributed by atoms with Crippen LogP contribution < -0.4 is 10.6 Å². The Morgan fingerprint density at radius 1 is 1.00 bits per heavy atom. The summed E-state index contributed by atoms with van der Waals surface area (Å²) in [5, 5.41) is 5.97. The molecule has 2 N–H and O–H groups in total. The number of carbonyl (C=O) groups excluding carboxylic acids is 1. The molecular formula is C19H18N4O. The zero-order valence-corrected chi connectivity index (χ0v) is 13.4. The van der Waals surface area contributed by atoms with E-state index in [4.69, 9.17) is 0 Å². The molecule has 120 valence electrons. The highest BCUT2D eigenvalue weighted by atomic mass is 16.1. The topological polar surface area (TPSA) is 66.9 Å². The van der Waals surface area contributed by atoms with Gasteiger partial charge in [0.1, 0.15) is 5.69 Å². The molecule has 0 atom stereocenters. The van der Waals surface area contributed by atoms with Gasteiger partial charge in [-0.2, -0.15) is 0 Å². The van der Waals surface area contributed by atoms with E-state index in [1.54, 1.807) is 12.3 Å². The molecule has 0 saturated heterocycles. The first-order valence-corrected chi connectivity index (χ1v) is 7.70. The Balaban J connectivity index is 1.68. The molecule has 0 spiro atoms. The van der Waals surface area contributed by atoms with Crippen LogP contribution in [0.25, 0.3) is 0 Å². The summed E-state index contributed by atoms with van der Waals surface area (Å²) in [6, 6.07) is 19.0. The predicted octanol–water partition coefficient (Wildman–Crippen LogP) is 3.65. The first-order chi connectivity index (χ1) is 11.7. The minimum absolute atomic E-state index is 0.262. The molecule has 0 radical (unpaired) electrons. The number of amides is 1. The van der Waals surface area contributed by atoms with Gasteiger partial charge in [0.25, 0.3) is 5.91 Å². The molecule has 0 aliphatic heterocycles. The van der Waals surface area contributed by atoms with Gasteiger partial charge < -0.3 is 10.6 Å². The van der Waals surface area contributed by atoms with Gasteiger partial charge in [0, 0.05) is 18.4 Å². The van der Waals surface area contributed by atoms with Crippen molar-refractivity contribution in [1.82, 2.24) is 9.97 Å².